The minimum absolute atomic E-state index is 0.00164. The average molecular weight is 943 g/mol. The maximum atomic E-state index is 13.2. The zero-order chi connectivity index (χ0) is 48.3. The molecule has 0 aromatic heterocycles. The van der Waals surface area contributed by atoms with Gasteiger partial charge in [0.25, 0.3) is 0 Å². The highest BCUT2D eigenvalue weighted by molar-refractivity contribution is 5.76. The highest BCUT2D eigenvalue weighted by atomic mass is 16.8. The Kier molecular flexibility index (Phi) is 13.9. The molecule has 3 saturated heterocycles. The normalized spacial score (nSPS) is 53.3. The van der Waals surface area contributed by atoms with Crippen LogP contribution in [0.15, 0.2) is 11.6 Å². The minimum Gasteiger partial charge on any atom is -0.481 e. The first-order valence-corrected chi connectivity index (χ1v) is 24.3. The maximum Gasteiger partial charge on any atom is 0.310 e. The van der Waals surface area contributed by atoms with Crippen molar-refractivity contribution in [3.63, 3.8) is 0 Å². The summed E-state index contributed by atoms with van der Waals surface area (Å²) >= 11 is 0. The van der Waals surface area contributed by atoms with Gasteiger partial charge < -0.3 is 84.6 Å². The van der Waals surface area contributed by atoms with Crippen molar-refractivity contribution >= 4 is 5.97 Å². The molecule has 3 aliphatic heterocycles. The van der Waals surface area contributed by atoms with Crippen LogP contribution in [0.1, 0.15) is 113 Å². The van der Waals surface area contributed by atoms with Crippen LogP contribution in [0.4, 0.5) is 0 Å². The number of aliphatic hydroxyl groups excluding tert-OH is 10. The molecule has 7 fully saturated rings. The molecule has 23 atom stereocenters. The van der Waals surface area contributed by atoms with Gasteiger partial charge in [-0.05, 0) is 109 Å². The molecule has 18 heteroatoms. The summed E-state index contributed by atoms with van der Waals surface area (Å²) in [7, 11) is 0. The second-order valence-corrected chi connectivity index (χ2v) is 23.5. The minimum atomic E-state index is -1.90. The lowest BCUT2D eigenvalue weighted by Gasteiger charge is -2.71. The van der Waals surface area contributed by atoms with Crippen molar-refractivity contribution in [3.8, 4) is 0 Å². The van der Waals surface area contributed by atoms with E-state index < -0.39 is 135 Å². The number of aliphatic carboxylic acids is 1. The number of carboxylic acid groups (broad SMARTS) is 1. The van der Waals surface area contributed by atoms with Gasteiger partial charge in [-0.15, -0.1) is 0 Å². The molecule has 0 bridgehead atoms. The van der Waals surface area contributed by atoms with Gasteiger partial charge in [0.2, 0.25) is 0 Å². The third kappa shape index (κ3) is 7.87. The van der Waals surface area contributed by atoms with E-state index in [0.717, 1.165) is 44.9 Å². The number of hydrogen-bond acceptors (Lipinski definition) is 17. The number of fused-ring (bicyclic) bond motifs is 7. The molecule has 8 rings (SSSR count). The molecule has 0 radical (unpaired) electrons. The van der Waals surface area contributed by atoms with Crippen molar-refractivity contribution in [3.05, 3.63) is 11.6 Å². The van der Waals surface area contributed by atoms with Crippen LogP contribution in [-0.2, 0) is 33.2 Å². The number of carbonyl (C=O) groups is 1. The summed E-state index contributed by atoms with van der Waals surface area (Å²) < 4.78 is 36.6. The van der Waals surface area contributed by atoms with Crippen LogP contribution >= 0.6 is 0 Å². The van der Waals surface area contributed by atoms with E-state index in [4.69, 9.17) is 28.4 Å². The van der Waals surface area contributed by atoms with Gasteiger partial charge in [-0.25, -0.2) is 0 Å². The molecule has 11 N–H and O–H groups in total. The molecule has 8 aliphatic rings. The van der Waals surface area contributed by atoms with Gasteiger partial charge in [-0.3, -0.25) is 4.79 Å². The Morgan fingerprint density at radius 3 is 1.70 bits per heavy atom. The molecular weight excluding hydrogens is 865 g/mol. The first kappa shape index (κ1) is 50.9. The second kappa shape index (κ2) is 18.0. The number of hydrogen-bond donors (Lipinski definition) is 11. The van der Waals surface area contributed by atoms with Gasteiger partial charge >= 0.3 is 5.97 Å². The molecule has 4 saturated carbocycles. The Morgan fingerprint density at radius 2 is 1.14 bits per heavy atom. The van der Waals surface area contributed by atoms with E-state index in [-0.39, 0.29) is 33.5 Å². The van der Waals surface area contributed by atoms with Crippen LogP contribution in [0, 0.1) is 50.2 Å². The molecular formula is C48H78O18. The summed E-state index contributed by atoms with van der Waals surface area (Å²) in [4.78, 5) is 13.2. The largest absolute Gasteiger partial charge is 0.481 e. The molecule has 0 aromatic carbocycles. The Hall–Kier alpha value is -1.43. The molecule has 0 aromatic rings. The molecule has 0 spiro atoms. The van der Waals surface area contributed by atoms with Gasteiger partial charge in [0.1, 0.15) is 73.2 Å². The Labute approximate surface area is 387 Å². The van der Waals surface area contributed by atoms with Crippen LogP contribution in [0.2, 0.25) is 0 Å². The van der Waals surface area contributed by atoms with E-state index in [9.17, 15) is 61.0 Å². The van der Waals surface area contributed by atoms with E-state index in [0.29, 0.717) is 25.2 Å². The highest BCUT2D eigenvalue weighted by Crippen LogP contribution is 2.76. The highest BCUT2D eigenvalue weighted by Gasteiger charge is 2.70. The molecule has 66 heavy (non-hydrogen) atoms. The first-order chi connectivity index (χ1) is 30.9. The monoisotopic (exact) mass is 943 g/mol. The molecule has 18 nitrogen and oxygen atoms in total. The smallest absolute Gasteiger partial charge is 0.310 e. The van der Waals surface area contributed by atoms with Crippen LogP contribution in [-0.4, -0.2) is 180 Å². The summed E-state index contributed by atoms with van der Waals surface area (Å²) in [6, 6.07) is 0. The zero-order valence-corrected chi connectivity index (χ0v) is 39.5. The number of rotatable bonds is 10. The van der Waals surface area contributed by atoms with E-state index in [2.05, 4.69) is 54.5 Å². The summed E-state index contributed by atoms with van der Waals surface area (Å²) in [5, 5.41) is 118. The lowest BCUT2D eigenvalue weighted by molar-refractivity contribution is -0.393. The van der Waals surface area contributed by atoms with Gasteiger partial charge in [0.15, 0.2) is 18.9 Å². The van der Waals surface area contributed by atoms with Crippen molar-refractivity contribution in [2.45, 2.75) is 211 Å². The number of carboxylic acids is 1. The maximum absolute atomic E-state index is 13.2. The summed E-state index contributed by atoms with van der Waals surface area (Å²) in [5.74, 6) is -0.191. The molecule has 5 aliphatic carbocycles. The number of ether oxygens (including phenoxy) is 6. The summed E-state index contributed by atoms with van der Waals surface area (Å²) in [6.45, 7) is 13.9. The predicted octanol–water partition coefficient (Wildman–Crippen LogP) is 0.706. The Balaban J connectivity index is 1.06. The molecule has 378 valence electrons. The standard InChI is InChI=1S/C48H78O18/c1-43(2)14-16-48(42(59)60)17-15-46(6)22(23(48)18-43)8-9-28-45(5)12-11-29(44(3,4)27(45)10-13-47(28,46)7)64-41-36(58)38(66-40-35(57)33(55)31(53)25(20-50)62-40)37(26(21-51)63-41)65-39-34(56)32(54)30(52)24(19-49)61-39/h8,23-41,49-58H,9-21H2,1-7H3,(H,59,60)/t23-,24+,25+,26-,27-,28+,29-,30+,31+,32-,33-,34+,35+,36+,37+,38+,39-,40-,41+,45-,46+,47+,48-/m0/s1. The molecule has 0 amide bonds. The fourth-order valence-corrected chi connectivity index (χ4v) is 15.2. The topological polar surface area (TPSA) is 295 Å². The van der Waals surface area contributed by atoms with Crippen LogP contribution in [0.5, 0.6) is 0 Å². The van der Waals surface area contributed by atoms with Gasteiger partial charge in [-0.2, -0.15) is 0 Å². The lowest BCUT2D eigenvalue weighted by Crippen LogP contribution is -2.68. The van der Waals surface area contributed by atoms with Crippen LogP contribution < -0.4 is 0 Å². The fourth-order valence-electron chi connectivity index (χ4n) is 15.2. The van der Waals surface area contributed by atoms with E-state index in [1.807, 2.05) is 0 Å². The third-order valence-electron chi connectivity index (χ3n) is 19.4. The predicted molar refractivity (Wildman–Crippen MR) is 231 cm³/mol. The third-order valence-corrected chi connectivity index (χ3v) is 19.4. The van der Waals surface area contributed by atoms with Crippen molar-refractivity contribution < 1.29 is 89.4 Å². The quantitative estimate of drug-likeness (QED) is 0.106. The second-order valence-electron chi connectivity index (χ2n) is 23.5. The first-order valence-electron chi connectivity index (χ1n) is 24.3. The lowest BCUT2D eigenvalue weighted by atomic mass is 9.33. The zero-order valence-electron chi connectivity index (χ0n) is 39.5. The van der Waals surface area contributed by atoms with E-state index in [1.54, 1.807) is 0 Å². The van der Waals surface area contributed by atoms with Gasteiger partial charge in [0.05, 0.1) is 31.3 Å². The van der Waals surface area contributed by atoms with Gasteiger partial charge in [0, 0.05) is 0 Å². The van der Waals surface area contributed by atoms with E-state index in [1.165, 1.54) is 5.57 Å². The van der Waals surface area contributed by atoms with Gasteiger partial charge in [-0.1, -0.05) is 60.1 Å². The molecule has 0 unspecified atom stereocenters. The van der Waals surface area contributed by atoms with E-state index >= 15 is 0 Å². The van der Waals surface area contributed by atoms with Crippen molar-refractivity contribution in [1.29, 1.82) is 0 Å². The van der Waals surface area contributed by atoms with Crippen molar-refractivity contribution in [2.75, 3.05) is 19.8 Å². The number of allylic oxidation sites excluding steroid dienone is 2. The fraction of sp³-hybridized carbons (Fsp3) is 0.938. The summed E-state index contributed by atoms with van der Waals surface area (Å²) in [5.41, 5.74) is -0.183. The molecule has 3 heterocycles. The summed E-state index contributed by atoms with van der Waals surface area (Å²) in [6.07, 6.45) is -15.1. The number of aliphatic hydroxyl groups is 10. The van der Waals surface area contributed by atoms with Crippen LogP contribution in [0.3, 0.4) is 0 Å². The van der Waals surface area contributed by atoms with Crippen LogP contribution in [0.25, 0.3) is 0 Å². The Bertz CT molecular complexity index is 1790. The Morgan fingerprint density at radius 1 is 0.606 bits per heavy atom. The van der Waals surface area contributed by atoms with Crippen molar-refractivity contribution in [2.24, 2.45) is 50.2 Å². The van der Waals surface area contributed by atoms with Crippen molar-refractivity contribution in [1.82, 2.24) is 0 Å². The SMILES string of the molecule is CC1(C)CC[C@]2(C(=O)O)CC[C@]3(C)C(=CC[C@@H]4[C@@]5(C)CC[C@H](O[C@H]6O[C@@H](CO)[C@@H](O[C@@H]7O[C@H](CO)[C@@H](O)[C@H](O)[C@H]7O)[C@H](O[C@@H]7O[C@H](CO)[C@@H](O)[C@H](O)[C@H]7O)[C@H]6O)C(C)(C)[C@@H]5CC[C@]43C)[C@@H]2C1. The average Bonchev–Trinajstić information content (AvgIpc) is 3.26.